The number of aromatic carboxylic acids is 1. The lowest BCUT2D eigenvalue weighted by molar-refractivity contribution is 0.0693. The number of carboxylic acid groups (broad SMARTS) is 1. The van der Waals surface area contributed by atoms with Crippen molar-refractivity contribution in [2.75, 3.05) is 7.11 Å². The van der Waals surface area contributed by atoms with Crippen LogP contribution in [0.4, 0.5) is 0 Å². The molecule has 7 nitrogen and oxygen atoms in total. The monoisotopic (exact) mass is 382 g/mol. The van der Waals surface area contributed by atoms with Crippen LogP contribution in [0.5, 0.6) is 5.75 Å². The molecule has 0 spiro atoms. The number of pyridine rings is 1. The lowest BCUT2D eigenvalue weighted by Gasteiger charge is -2.10. The van der Waals surface area contributed by atoms with Crippen LogP contribution in [0.3, 0.4) is 0 Å². The van der Waals surface area contributed by atoms with Gasteiger partial charge in [-0.1, -0.05) is 11.6 Å². The molecular weight excluding hydrogens is 368 g/mol. The average Bonchev–Trinajstić information content (AvgIpc) is 3.26. The van der Waals surface area contributed by atoms with E-state index in [-0.39, 0.29) is 16.3 Å². The predicted octanol–water partition coefficient (Wildman–Crippen LogP) is 3.76. The number of halogens is 1. The number of ether oxygens (including phenoxy) is 1. The van der Waals surface area contributed by atoms with Gasteiger partial charge in [0.05, 0.1) is 30.2 Å². The van der Waals surface area contributed by atoms with Crippen molar-refractivity contribution in [2.45, 2.75) is 0 Å². The second-order valence-electron chi connectivity index (χ2n) is 6.03. The van der Waals surface area contributed by atoms with E-state index >= 15 is 0 Å². The largest absolute Gasteiger partial charge is 0.496 e. The summed E-state index contributed by atoms with van der Waals surface area (Å²) >= 11 is 6.18. The van der Waals surface area contributed by atoms with Gasteiger partial charge in [-0.15, -0.1) is 0 Å². The van der Waals surface area contributed by atoms with E-state index in [1.54, 1.807) is 29.2 Å². The zero-order valence-corrected chi connectivity index (χ0v) is 15.3. The maximum Gasteiger partial charge on any atom is 0.341 e. The van der Waals surface area contributed by atoms with Gasteiger partial charge < -0.3 is 9.84 Å². The third-order valence-corrected chi connectivity index (χ3v) is 4.63. The lowest BCUT2D eigenvalue weighted by atomic mass is 10.1. The second kappa shape index (κ2) is 6.44. The van der Waals surface area contributed by atoms with E-state index in [2.05, 4.69) is 10.1 Å². The molecule has 0 saturated carbocycles. The van der Waals surface area contributed by atoms with Crippen LogP contribution in [0.25, 0.3) is 28.0 Å². The topological polar surface area (TPSA) is 81.7 Å². The maximum absolute atomic E-state index is 11.4. The van der Waals surface area contributed by atoms with Crippen LogP contribution in [-0.2, 0) is 7.05 Å². The van der Waals surface area contributed by atoms with Gasteiger partial charge in [-0.05, 0) is 29.8 Å². The van der Waals surface area contributed by atoms with Gasteiger partial charge in [0.15, 0.2) is 0 Å². The average molecular weight is 383 g/mol. The standard InChI is InChI=1S/C19H15ClN4O3/c1-23-10-13(8-22-23)11-3-4-24-15(9-21-17(24)7-11)12-5-14(20)18(19(25)26)16(6-12)27-2/h3-10H,1-2H3,(H,25,26). The van der Waals surface area contributed by atoms with Gasteiger partial charge in [-0.2, -0.15) is 5.10 Å². The Morgan fingerprint density at radius 2 is 2.00 bits per heavy atom. The summed E-state index contributed by atoms with van der Waals surface area (Å²) in [7, 11) is 3.28. The van der Waals surface area contributed by atoms with Crippen molar-refractivity contribution in [3.63, 3.8) is 0 Å². The minimum atomic E-state index is -1.14. The van der Waals surface area contributed by atoms with Gasteiger partial charge >= 0.3 is 5.97 Å². The van der Waals surface area contributed by atoms with E-state index in [1.165, 1.54) is 7.11 Å². The molecule has 136 valence electrons. The number of fused-ring (bicyclic) bond motifs is 1. The summed E-state index contributed by atoms with van der Waals surface area (Å²) in [5, 5.41) is 13.6. The van der Waals surface area contributed by atoms with Crippen molar-refractivity contribution in [3.8, 4) is 28.1 Å². The number of carboxylic acids is 1. The normalized spacial score (nSPS) is 11.1. The molecule has 8 heteroatoms. The molecular formula is C19H15ClN4O3. The molecule has 27 heavy (non-hydrogen) atoms. The molecule has 1 aromatic carbocycles. The van der Waals surface area contributed by atoms with E-state index in [4.69, 9.17) is 16.3 Å². The Kier molecular flexibility index (Phi) is 4.08. The van der Waals surface area contributed by atoms with Crippen molar-refractivity contribution in [1.82, 2.24) is 19.2 Å². The zero-order chi connectivity index (χ0) is 19.1. The van der Waals surface area contributed by atoms with Crippen LogP contribution in [0.2, 0.25) is 5.02 Å². The number of carbonyl (C=O) groups is 1. The van der Waals surface area contributed by atoms with Crippen LogP contribution in [0, 0.1) is 0 Å². The number of imidazole rings is 1. The first-order chi connectivity index (χ1) is 13.0. The van der Waals surface area contributed by atoms with Crippen molar-refractivity contribution in [2.24, 2.45) is 7.05 Å². The summed E-state index contributed by atoms with van der Waals surface area (Å²) in [5.41, 5.74) is 4.19. The highest BCUT2D eigenvalue weighted by atomic mass is 35.5. The number of nitrogens with zero attached hydrogens (tertiary/aromatic N) is 4. The quantitative estimate of drug-likeness (QED) is 0.581. The minimum absolute atomic E-state index is 0.0596. The van der Waals surface area contributed by atoms with Gasteiger partial charge in [0.1, 0.15) is 17.0 Å². The maximum atomic E-state index is 11.4. The van der Waals surface area contributed by atoms with Crippen LogP contribution in [0.1, 0.15) is 10.4 Å². The number of aromatic nitrogens is 4. The molecule has 0 amide bonds. The van der Waals surface area contributed by atoms with E-state index in [1.807, 2.05) is 36.0 Å². The van der Waals surface area contributed by atoms with Crippen molar-refractivity contribution < 1.29 is 14.6 Å². The SMILES string of the molecule is COc1cc(-c2cnc3cc(-c4cnn(C)c4)ccn23)cc(Cl)c1C(=O)O. The summed E-state index contributed by atoms with van der Waals surface area (Å²) < 4.78 is 8.87. The summed E-state index contributed by atoms with van der Waals surface area (Å²) in [6.45, 7) is 0. The van der Waals surface area contributed by atoms with Gasteiger partial charge in [0.2, 0.25) is 0 Å². The Balaban J connectivity index is 1.83. The Labute approximate surface area is 159 Å². The number of hydrogen-bond donors (Lipinski definition) is 1. The molecule has 1 N–H and O–H groups in total. The lowest BCUT2D eigenvalue weighted by Crippen LogP contribution is -2.02. The number of rotatable bonds is 4. The molecule has 0 aliphatic heterocycles. The molecule has 0 unspecified atom stereocenters. The Hall–Kier alpha value is -3.32. The van der Waals surface area contributed by atoms with Crippen LogP contribution in [-0.4, -0.2) is 37.4 Å². The summed E-state index contributed by atoms with van der Waals surface area (Å²) in [6, 6.07) is 7.18. The molecule has 0 aliphatic rings. The Morgan fingerprint density at radius 3 is 2.67 bits per heavy atom. The highest BCUT2D eigenvalue weighted by molar-refractivity contribution is 6.34. The predicted molar refractivity (Wildman–Crippen MR) is 101 cm³/mol. The number of methoxy groups -OCH3 is 1. The summed E-state index contributed by atoms with van der Waals surface area (Å²) in [5.74, 6) is -0.936. The number of aryl methyl sites for hydroxylation is 1. The van der Waals surface area contributed by atoms with Crippen LogP contribution in [0.15, 0.2) is 49.1 Å². The van der Waals surface area contributed by atoms with Crippen molar-refractivity contribution in [1.29, 1.82) is 0 Å². The molecule has 0 atom stereocenters. The molecule has 4 rings (SSSR count). The van der Waals surface area contributed by atoms with Crippen LogP contribution >= 0.6 is 11.6 Å². The Bertz CT molecular complexity index is 1180. The minimum Gasteiger partial charge on any atom is -0.496 e. The molecule has 0 bridgehead atoms. The molecule has 3 aromatic heterocycles. The second-order valence-corrected chi connectivity index (χ2v) is 6.44. The first-order valence-electron chi connectivity index (χ1n) is 8.05. The van der Waals surface area contributed by atoms with Gasteiger partial charge in [-0.3, -0.25) is 9.08 Å². The smallest absolute Gasteiger partial charge is 0.341 e. The first-order valence-corrected chi connectivity index (χ1v) is 8.43. The number of benzene rings is 1. The molecule has 3 heterocycles. The molecule has 0 fully saturated rings. The molecule has 0 aliphatic carbocycles. The highest BCUT2D eigenvalue weighted by Crippen LogP contribution is 2.34. The fourth-order valence-electron chi connectivity index (χ4n) is 3.04. The van der Waals surface area contributed by atoms with Gasteiger partial charge in [0, 0.05) is 30.6 Å². The molecule has 0 radical (unpaired) electrons. The number of hydrogen-bond acceptors (Lipinski definition) is 4. The Morgan fingerprint density at radius 1 is 1.19 bits per heavy atom. The third-order valence-electron chi connectivity index (χ3n) is 4.34. The van der Waals surface area contributed by atoms with E-state index in [9.17, 15) is 9.90 Å². The van der Waals surface area contributed by atoms with Crippen molar-refractivity contribution in [3.05, 3.63) is 59.6 Å². The van der Waals surface area contributed by atoms with Crippen LogP contribution < -0.4 is 4.74 Å². The third kappa shape index (κ3) is 2.92. The summed E-state index contributed by atoms with van der Waals surface area (Å²) in [6.07, 6.45) is 7.36. The van der Waals surface area contributed by atoms with Gasteiger partial charge in [0.25, 0.3) is 0 Å². The zero-order valence-electron chi connectivity index (χ0n) is 14.5. The molecule has 4 aromatic rings. The summed E-state index contributed by atoms with van der Waals surface area (Å²) in [4.78, 5) is 15.9. The van der Waals surface area contributed by atoms with E-state index in [0.717, 1.165) is 22.5 Å². The van der Waals surface area contributed by atoms with Gasteiger partial charge in [-0.25, -0.2) is 9.78 Å². The van der Waals surface area contributed by atoms with E-state index < -0.39 is 5.97 Å². The first kappa shape index (κ1) is 17.1. The fourth-order valence-corrected chi connectivity index (χ4v) is 3.33. The van der Waals surface area contributed by atoms with E-state index in [0.29, 0.717) is 5.56 Å². The van der Waals surface area contributed by atoms with Crippen molar-refractivity contribution >= 4 is 23.2 Å². The highest BCUT2D eigenvalue weighted by Gasteiger charge is 2.19. The fraction of sp³-hybridized carbons (Fsp3) is 0.105. The molecule has 0 saturated heterocycles.